The van der Waals surface area contributed by atoms with E-state index in [1.807, 2.05) is 24.3 Å². The molecule has 90 valence electrons. The van der Waals surface area contributed by atoms with E-state index in [0.29, 0.717) is 10.3 Å². The molecule has 3 nitrogen and oxygen atoms in total. The molecular weight excluding hydrogens is 316 g/mol. The zero-order chi connectivity index (χ0) is 12.7. The highest BCUT2D eigenvalue weighted by molar-refractivity contribution is 9.10. The summed E-state index contributed by atoms with van der Waals surface area (Å²) < 4.78 is 6.80. The highest BCUT2D eigenvalue weighted by Gasteiger charge is 2.11. The van der Waals surface area contributed by atoms with Crippen molar-refractivity contribution < 1.29 is 9.52 Å². The molecule has 0 bridgehead atoms. The predicted molar refractivity (Wildman–Crippen MR) is 75.2 cm³/mol. The van der Waals surface area contributed by atoms with Crippen LogP contribution in [0.25, 0.3) is 21.4 Å². The van der Waals surface area contributed by atoms with Crippen LogP contribution in [-0.2, 0) is 0 Å². The highest BCUT2D eigenvalue weighted by atomic mass is 79.9. The van der Waals surface area contributed by atoms with Crippen molar-refractivity contribution in [3.05, 3.63) is 50.6 Å². The van der Waals surface area contributed by atoms with Gasteiger partial charge in [-0.15, -0.1) is 0 Å². The van der Waals surface area contributed by atoms with Crippen molar-refractivity contribution in [3.63, 3.8) is 0 Å². The summed E-state index contributed by atoms with van der Waals surface area (Å²) in [6, 6.07) is 10.7. The molecule has 0 aliphatic heterocycles. The van der Waals surface area contributed by atoms with Crippen molar-refractivity contribution >= 4 is 37.5 Å². The van der Waals surface area contributed by atoms with Crippen LogP contribution in [0.5, 0.6) is 5.75 Å². The molecule has 0 aliphatic rings. The van der Waals surface area contributed by atoms with E-state index in [4.69, 9.17) is 4.42 Å². The zero-order valence-corrected chi connectivity index (χ0v) is 11.4. The minimum Gasteiger partial charge on any atom is -0.508 e. The van der Waals surface area contributed by atoms with Crippen LogP contribution in [0.3, 0.4) is 0 Å². The van der Waals surface area contributed by atoms with E-state index in [9.17, 15) is 9.90 Å². The van der Waals surface area contributed by atoms with Gasteiger partial charge in [0.1, 0.15) is 5.75 Å². The minimum absolute atomic E-state index is 0.123. The fourth-order valence-electron chi connectivity index (χ4n) is 1.81. The number of fused-ring (bicyclic) bond motifs is 1. The van der Waals surface area contributed by atoms with E-state index in [-0.39, 0.29) is 10.7 Å². The Morgan fingerprint density at radius 1 is 1.17 bits per heavy atom. The van der Waals surface area contributed by atoms with Gasteiger partial charge in [0.05, 0.1) is 4.70 Å². The lowest BCUT2D eigenvalue weighted by Gasteiger charge is -2.03. The van der Waals surface area contributed by atoms with Crippen LogP contribution >= 0.6 is 27.3 Å². The Labute approximate surface area is 114 Å². The first kappa shape index (κ1) is 11.5. The molecule has 3 rings (SSSR count). The molecule has 0 saturated heterocycles. The summed E-state index contributed by atoms with van der Waals surface area (Å²) in [7, 11) is 0. The Morgan fingerprint density at radius 3 is 2.61 bits per heavy atom. The average molecular weight is 323 g/mol. The number of rotatable bonds is 1. The number of phenols is 1. The fourth-order valence-corrected chi connectivity index (χ4v) is 2.80. The van der Waals surface area contributed by atoms with Crippen LogP contribution in [0, 0.1) is 0 Å². The standard InChI is InChI=1S/C13H7BrO3S/c14-8-3-1-7(2-4-8)10-5-9(15)6-11-12(10)17-13(16)18-11/h1-6,15H. The van der Waals surface area contributed by atoms with E-state index in [0.717, 1.165) is 26.9 Å². The molecule has 0 radical (unpaired) electrons. The normalized spacial score (nSPS) is 10.9. The number of aromatic hydroxyl groups is 1. The lowest BCUT2D eigenvalue weighted by Crippen LogP contribution is -1.82. The van der Waals surface area contributed by atoms with Gasteiger partial charge in [0, 0.05) is 16.1 Å². The van der Waals surface area contributed by atoms with E-state index in [1.54, 1.807) is 6.07 Å². The second kappa shape index (κ2) is 4.26. The van der Waals surface area contributed by atoms with Gasteiger partial charge in [0.15, 0.2) is 5.58 Å². The third-order valence-electron chi connectivity index (χ3n) is 2.57. The largest absolute Gasteiger partial charge is 0.508 e. The van der Waals surface area contributed by atoms with Gasteiger partial charge >= 0.3 is 4.94 Å². The SMILES string of the molecule is O=c1oc2c(-c3ccc(Br)cc3)cc(O)cc2s1. The molecule has 2 aromatic carbocycles. The molecule has 1 N–H and O–H groups in total. The molecule has 0 saturated carbocycles. The average Bonchev–Trinajstić information content (AvgIpc) is 2.69. The molecule has 1 aromatic heterocycles. The monoisotopic (exact) mass is 322 g/mol. The topological polar surface area (TPSA) is 50.4 Å². The van der Waals surface area contributed by atoms with Crippen molar-refractivity contribution in [2.75, 3.05) is 0 Å². The third-order valence-corrected chi connectivity index (χ3v) is 3.88. The Morgan fingerprint density at radius 2 is 1.89 bits per heavy atom. The van der Waals surface area contributed by atoms with Crippen molar-refractivity contribution in [1.29, 1.82) is 0 Å². The summed E-state index contributed by atoms with van der Waals surface area (Å²) in [5.41, 5.74) is 2.13. The Bertz CT molecular complexity index is 771. The van der Waals surface area contributed by atoms with Crippen molar-refractivity contribution in [2.24, 2.45) is 0 Å². The smallest absolute Gasteiger partial charge is 0.396 e. The lowest BCUT2D eigenvalue weighted by molar-refractivity contribution is 0.476. The van der Waals surface area contributed by atoms with E-state index < -0.39 is 0 Å². The van der Waals surface area contributed by atoms with Crippen LogP contribution in [0.4, 0.5) is 0 Å². The first-order valence-electron chi connectivity index (χ1n) is 5.16. The summed E-state index contributed by atoms with van der Waals surface area (Å²) in [5.74, 6) is 0.123. The summed E-state index contributed by atoms with van der Waals surface area (Å²) in [6.07, 6.45) is 0. The lowest BCUT2D eigenvalue weighted by atomic mass is 10.1. The van der Waals surface area contributed by atoms with Crippen LogP contribution in [-0.4, -0.2) is 5.11 Å². The maximum absolute atomic E-state index is 11.3. The number of benzene rings is 2. The minimum atomic E-state index is -0.367. The number of halogens is 1. The quantitative estimate of drug-likeness (QED) is 0.737. The molecule has 0 atom stereocenters. The van der Waals surface area contributed by atoms with Gasteiger partial charge in [-0.25, -0.2) is 4.79 Å². The Hall–Kier alpha value is -1.59. The fraction of sp³-hybridized carbons (Fsp3) is 0. The molecule has 0 fully saturated rings. The van der Waals surface area contributed by atoms with Crippen LogP contribution in [0.2, 0.25) is 0 Å². The van der Waals surface area contributed by atoms with Crippen molar-refractivity contribution in [2.45, 2.75) is 0 Å². The maximum Gasteiger partial charge on any atom is 0.396 e. The van der Waals surface area contributed by atoms with Gasteiger partial charge in [-0.3, -0.25) is 0 Å². The number of phenolic OH excluding ortho intramolecular Hbond substituents is 1. The molecule has 0 aliphatic carbocycles. The molecule has 3 aromatic rings. The Balaban J connectivity index is 2.33. The third kappa shape index (κ3) is 1.95. The Kier molecular flexibility index (Phi) is 2.72. The molecule has 0 unspecified atom stereocenters. The molecule has 18 heavy (non-hydrogen) atoms. The van der Waals surface area contributed by atoms with E-state index in [2.05, 4.69) is 15.9 Å². The van der Waals surface area contributed by atoms with Gasteiger partial charge in [-0.05, 0) is 23.8 Å². The molecule has 1 heterocycles. The van der Waals surface area contributed by atoms with Gasteiger partial charge in [0.2, 0.25) is 0 Å². The predicted octanol–water partition coefficient (Wildman–Crippen LogP) is 3.99. The summed E-state index contributed by atoms with van der Waals surface area (Å²) in [6.45, 7) is 0. The summed E-state index contributed by atoms with van der Waals surface area (Å²) >= 11 is 4.35. The van der Waals surface area contributed by atoms with Gasteiger partial charge in [-0.2, -0.15) is 0 Å². The van der Waals surface area contributed by atoms with Gasteiger partial charge in [-0.1, -0.05) is 39.4 Å². The second-order valence-electron chi connectivity index (χ2n) is 3.78. The first-order valence-corrected chi connectivity index (χ1v) is 6.77. The van der Waals surface area contributed by atoms with Crippen LogP contribution in [0.1, 0.15) is 0 Å². The van der Waals surface area contributed by atoms with E-state index in [1.165, 1.54) is 6.07 Å². The molecule has 5 heteroatoms. The molecule has 0 spiro atoms. The second-order valence-corrected chi connectivity index (χ2v) is 5.67. The van der Waals surface area contributed by atoms with E-state index >= 15 is 0 Å². The number of hydrogen-bond acceptors (Lipinski definition) is 4. The first-order chi connectivity index (χ1) is 8.63. The van der Waals surface area contributed by atoms with Gasteiger partial charge in [0.25, 0.3) is 0 Å². The van der Waals surface area contributed by atoms with Gasteiger partial charge < -0.3 is 9.52 Å². The van der Waals surface area contributed by atoms with Crippen LogP contribution in [0.15, 0.2) is 50.1 Å². The number of hydrogen-bond donors (Lipinski definition) is 1. The summed E-state index contributed by atoms with van der Waals surface area (Å²) in [4.78, 5) is 10.9. The maximum atomic E-state index is 11.3. The summed E-state index contributed by atoms with van der Waals surface area (Å²) in [5, 5.41) is 9.69. The highest BCUT2D eigenvalue weighted by Crippen LogP contribution is 2.34. The van der Waals surface area contributed by atoms with Crippen molar-refractivity contribution in [3.8, 4) is 16.9 Å². The van der Waals surface area contributed by atoms with Crippen molar-refractivity contribution in [1.82, 2.24) is 0 Å². The molecule has 0 amide bonds. The van der Waals surface area contributed by atoms with Crippen LogP contribution < -0.4 is 4.94 Å². The zero-order valence-electron chi connectivity index (χ0n) is 9.01. The molecular formula is C13H7BrO3S.